The van der Waals surface area contributed by atoms with E-state index in [2.05, 4.69) is 21.1 Å². The lowest BCUT2D eigenvalue weighted by Gasteiger charge is -2.35. The Morgan fingerprint density at radius 2 is 2.14 bits per heavy atom. The number of hydrogen-bond donors (Lipinski definition) is 1. The molecule has 1 aliphatic carbocycles. The molecule has 0 bridgehead atoms. The Morgan fingerprint density at radius 1 is 1.34 bits per heavy atom. The first-order chi connectivity index (χ1) is 14.2. The number of allylic oxidation sites excluding steroid dienone is 3. The lowest BCUT2D eigenvalue weighted by molar-refractivity contribution is 0.239. The monoisotopic (exact) mass is 383 g/mol. The van der Waals surface area contributed by atoms with E-state index >= 15 is 0 Å². The Balaban J connectivity index is 1.62. The van der Waals surface area contributed by atoms with E-state index in [1.807, 2.05) is 56.1 Å². The maximum absolute atomic E-state index is 5.86. The molecule has 1 aliphatic rings. The molecule has 1 aromatic carbocycles. The Bertz CT molecular complexity index is 1100. The first kappa shape index (κ1) is 19.0. The third-order valence-electron chi connectivity index (χ3n) is 5.23. The van der Waals surface area contributed by atoms with E-state index in [4.69, 9.17) is 16.3 Å². The molecule has 0 aliphatic heterocycles. The van der Waals surface area contributed by atoms with E-state index in [-0.39, 0.29) is 0 Å². The van der Waals surface area contributed by atoms with Gasteiger partial charge in [0.15, 0.2) is 13.6 Å². The number of rotatable bonds is 6. The van der Waals surface area contributed by atoms with Crippen LogP contribution in [0.15, 0.2) is 60.8 Å². The van der Waals surface area contributed by atoms with Gasteiger partial charge in [-0.15, -0.1) is 6.42 Å². The highest BCUT2D eigenvalue weighted by Crippen LogP contribution is 2.36. The first-order valence-corrected chi connectivity index (χ1v) is 9.66. The third kappa shape index (κ3) is 3.80. The molecule has 1 N–H and O–H groups in total. The summed E-state index contributed by atoms with van der Waals surface area (Å²) in [5, 5.41) is 9.18. The average Bonchev–Trinajstić information content (AvgIpc) is 3.10. The summed E-state index contributed by atoms with van der Waals surface area (Å²) in [6.45, 7) is 1.91. The summed E-state index contributed by atoms with van der Waals surface area (Å²) < 4.78 is 7.91. The Labute approximate surface area is 171 Å². The summed E-state index contributed by atoms with van der Waals surface area (Å²) in [5.41, 5.74) is 2.77. The van der Waals surface area contributed by atoms with E-state index in [0.717, 1.165) is 40.9 Å². The van der Waals surface area contributed by atoms with Crippen molar-refractivity contribution in [3.63, 3.8) is 0 Å². The van der Waals surface area contributed by atoms with Crippen molar-refractivity contribution in [2.75, 3.05) is 0 Å². The fraction of sp³-hybridized carbons (Fsp3) is 0.227. The quantitative estimate of drug-likeness (QED) is 0.307. The molecule has 1 fully saturated rings. The van der Waals surface area contributed by atoms with Gasteiger partial charge in [0.05, 0.1) is 11.4 Å². The highest BCUT2D eigenvalue weighted by Gasteiger charge is 2.31. The van der Waals surface area contributed by atoms with Crippen molar-refractivity contribution >= 4 is 19.0 Å². The summed E-state index contributed by atoms with van der Waals surface area (Å²) in [5.74, 6) is 3.90. The molecule has 1 saturated carbocycles. The van der Waals surface area contributed by atoms with Crippen LogP contribution in [0.25, 0.3) is 22.3 Å². The van der Waals surface area contributed by atoms with Crippen molar-refractivity contribution in [2.45, 2.75) is 31.8 Å². The van der Waals surface area contributed by atoms with E-state index in [0.29, 0.717) is 17.8 Å². The Morgan fingerprint density at radius 3 is 2.83 bits per heavy atom. The maximum Gasteiger partial charge on any atom is 0.182 e. The fourth-order valence-electron chi connectivity index (χ4n) is 3.51. The van der Waals surface area contributed by atoms with Gasteiger partial charge in [0, 0.05) is 17.8 Å². The lowest BCUT2D eigenvalue weighted by atomic mass is 9.86. The van der Waals surface area contributed by atoms with Gasteiger partial charge in [-0.3, -0.25) is 0 Å². The largest absolute Gasteiger partial charge is 0.458 e. The third-order valence-corrected chi connectivity index (χ3v) is 5.23. The lowest BCUT2D eigenvalue weighted by Crippen LogP contribution is -2.41. The standard InChI is InChI=1S/C22H22BN5O/c1-3-5-6-18(4-2)29-19-9-7-15(8-10-19)21-20-13-24-14-25-22(20)28(27-21)17-11-16(12-17)26-23/h1,4-10,13-14,16-17,26H,11-12,23H2,2H3/b6-5-,18-4+. The van der Waals surface area contributed by atoms with Crippen LogP contribution >= 0.6 is 0 Å². The zero-order valence-corrected chi connectivity index (χ0v) is 16.5. The van der Waals surface area contributed by atoms with Crippen molar-refractivity contribution in [1.29, 1.82) is 0 Å². The second kappa shape index (κ2) is 8.33. The van der Waals surface area contributed by atoms with Crippen LogP contribution in [0, 0.1) is 12.3 Å². The van der Waals surface area contributed by atoms with Gasteiger partial charge >= 0.3 is 0 Å². The molecular formula is C22H22BN5O. The first-order valence-electron chi connectivity index (χ1n) is 9.66. The average molecular weight is 383 g/mol. The van der Waals surface area contributed by atoms with Gasteiger partial charge in [0.25, 0.3) is 0 Å². The number of hydrogen-bond acceptors (Lipinski definition) is 5. The number of aromatic nitrogens is 4. The molecule has 0 unspecified atom stereocenters. The number of benzene rings is 1. The molecule has 2 aromatic heterocycles. The molecule has 0 atom stereocenters. The number of nitrogens with zero attached hydrogens (tertiary/aromatic N) is 4. The number of terminal acetylenes is 1. The summed E-state index contributed by atoms with van der Waals surface area (Å²) in [6, 6.07) is 8.77. The molecule has 7 heteroatoms. The summed E-state index contributed by atoms with van der Waals surface area (Å²) in [4.78, 5) is 8.70. The number of nitrogens with one attached hydrogen (secondary N) is 1. The van der Waals surface area contributed by atoms with Crippen LogP contribution in [-0.2, 0) is 0 Å². The molecular weight excluding hydrogens is 361 g/mol. The molecule has 144 valence electrons. The molecule has 0 spiro atoms. The van der Waals surface area contributed by atoms with Crippen molar-refractivity contribution in [1.82, 2.24) is 25.0 Å². The fourth-order valence-corrected chi connectivity index (χ4v) is 3.51. The van der Waals surface area contributed by atoms with Crippen molar-refractivity contribution < 1.29 is 4.74 Å². The number of ether oxygens (including phenoxy) is 1. The molecule has 2 heterocycles. The van der Waals surface area contributed by atoms with Gasteiger partial charge in [-0.2, -0.15) is 5.10 Å². The second-order valence-corrected chi connectivity index (χ2v) is 6.98. The minimum atomic E-state index is 0.362. The minimum Gasteiger partial charge on any atom is -0.458 e. The molecule has 0 saturated heterocycles. The summed E-state index contributed by atoms with van der Waals surface area (Å²) in [6.07, 6.45) is 16.0. The van der Waals surface area contributed by atoms with Crippen LogP contribution in [0.3, 0.4) is 0 Å². The molecule has 4 rings (SSSR count). The van der Waals surface area contributed by atoms with Crippen LogP contribution in [0.4, 0.5) is 0 Å². The van der Waals surface area contributed by atoms with Gasteiger partial charge < -0.3 is 9.96 Å². The normalized spacial score (nSPS) is 19.2. The summed E-state index contributed by atoms with van der Waals surface area (Å²) >= 11 is 0. The molecule has 3 aromatic rings. The van der Waals surface area contributed by atoms with Gasteiger partial charge in [0.1, 0.15) is 23.5 Å². The van der Waals surface area contributed by atoms with Gasteiger partial charge in [-0.1, -0.05) is 5.92 Å². The van der Waals surface area contributed by atoms with E-state index < -0.39 is 0 Å². The minimum absolute atomic E-state index is 0.362. The number of fused-ring (bicyclic) bond motifs is 1. The van der Waals surface area contributed by atoms with E-state index in [9.17, 15) is 0 Å². The predicted octanol–water partition coefficient (Wildman–Crippen LogP) is 2.81. The molecule has 29 heavy (non-hydrogen) atoms. The van der Waals surface area contributed by atoms with Gasteiger partial charge in [-0.25, -0.2) is 14.6 Å². The van der Waals surface area contributed by atoms with Crippen LogP contribution in [0.2, 0.25) is 0 Å². The van der Waals surface area contributed by atoms with Gasteiger partial charge in [0.2, 0.25) is 0 Å². The zero-order chi connectivity index (χ0) is 20.2. The smallest absolute Gasteiger partial charge is 0.182 e. The molecule has 0 amide bonds. The van der Waals surface area contributed by atoms with Crippen LogP contribution in [-0.4, -0.2) is 33.8 Å². The zero-order valence-electron chi connectivity index (χ0n) is 16.5. The van der Waals surface area contributed by atoms with E-state index in [1.165, 1.54) is 0 Å². The SMILES string of the molecule is BNC1CC(n2nc(-c3ccc(OC(/C=C\C#C)=C/C)cc3)c3cncnc32)C1. The highest BCUT2D eigenvalue weighted by atomic mass is 16.5. The maximum atomic E-state index is 5.86. The van der Waals surface area contributed by atoms with Crippen LogP contribution < -0.4 is 9.96 Å². The van der Waals surface area contributed by atoms with Crippen LogP contribution in [0.5, 0.6) is 5.75 Å². The molecule has 6 nitrogen and oxygen atoms in total. The predicted molar refractivity (Wildman–Crippen MR) is 117 cm³/mol. The Kier molecular flexibility index (Phi) is 5.45. The topological polar surface area (TPSA) is 64.9 Å². The van der Waals surface area contributed by atoms with Crippen LogP contribution in [0.1, 0.15) is 25.8 Å². The van der Waals surface area contributed by atoms with E-state index in [1.54, 1.807) is 18.5 Å². The van der Waals surface area contributed by atoms with Crippen molar-refractivity contribution in [3.05, 3.63) is 60.8 Å². The second-order valence-electron chi connectivity index (χ2n) is 6.98. The Hall–Kier alpha value is -3.37. The van der Waals surface area contributed by atoms with Crippen molar-refractivity contribution in [3.8, 4) is 29.4 Å². The highest BCUT2D eigenvalue weighted by molar-refractivity contribution is 6.04. The molecule has 0 radical (unpaired) electrons. The van der Waals surface area contributed by atoms with Crippen molar-refractivity contribution in [2.24, 2.45) is 0 Å². The summed E-state index contributed by atoms with van der Waals surface area (Å²) in [7, 11) is 2.00. The van der Waals surface area contributed by atoms with Gasteiger partial charge in [-0.05, 0) is 62.3 Å².